The fourth-order valence-corrected chi connectivity index (χ4v) is 3.16. The quantitative estimate of drug-likeness (QED) is 0.674. The van der Waals surface area contributed by atoms with E-state index in [1.165, 1.54) is 45.2 Å². The average molecular weight is 201 g/mol. The summed E-state index contributed by atoms with van der Waals surface area (Å²) >= 11 is 0. The van der Waals surface area contributed by atoms with Gasteiger partial charge in [0.15, 0.2) is 0 Å². The highest BCUT2D eigenvalue weighted by Gasteiger charge is 2.27. The molecule has 1 heteroatoms. The summed E-state index contributed by atoms with van der Waals surface area (Å²) < 4.78 is 0. The Hall–Kier alpha value is -0.820. The number of rotatable bonds is 1. The summed E-state index contributed by atoms with van der Waals surface area (Å²) in [6.07, 6.45) is 6.84. The van der Waals surface area contributed by atoms with Crippen LogP contribution in [0.15, 0.2) is 24.3 Å². The van der Waals surface area contributed by atoms with Crippen LogP contribution in [0.5, 0.6) is 0 Å². The maximum absolute atomic E-state index is 2.69. The van der Waals surface area contributed by atoms with Crippen LogP contribution in [0.25, 0.3) is 0 Å². The molecule has 0 unspecified atom stereocenters. The van der Waals surface area contributed by atoms with E-state index in [0.29, 0.717) is 0 Å². The molecule has 1 fully saturated rings. The first kappa shape index (κ1) is 9.41. The van der Waals surface area contributed by atoms with E-state index in [4.69, 9.17) is 0 Å². The standard InChI is InChI=1S/C14H19N/c1-2-8-13-12(6-1)7-5-9-14(13)15-10-3-4-11-15/h1-2,6,8,14H,3-5,7,9-11H2/t14-/m1/s1. The van der Waals surface area contributed by atoms with E-state index in [0.717, 1.165) is 6.04 Å². The summed E-state index contributed by atoms with van der Waals surface area (Å²) in [6, 6.07) is 9.78. The van der Waals surface area contributed by atoms with E-state index in [1.807, 2.05) is 0 Å². The molecule has 1 aliphatic carbocycles. The number of hydrogen-bond donors (Lipinski definition) is 0. The molecule has 1 nitrogen and oxygen atoms in total. The SMILES string of the molecule is c1ccc2c(c1)CCC[C@H]2N1CCCC1. The van der Waals surface area contributed by atoms with Gasteiger partial charge in [0.25, 0.3) is 0 Å². The van der Waals surface area contributed by atoms with Crippen LogP contribution in [-0.2, 0) is 6.42 Å². The first-order valence-corrected chi connectivity index (χ1v) is 6.27. The number of benzene rings is 1. The monoisotopic (exact) mass is 201 g/mol. The summed E-state index contributed by atoms with van der Waals surface area (Å²) in [6.45, 7) is 2.64. The molecule has 1 atom stereocenters. The predicted molar refractivity (Wildman–Crippen MR) is 62.9 cm³/mol. The van der Waals surface area contributed by atoms with Gasteiger partial charge in [-0.25, -0.2) is 0 Å². The highest BCUT2D eigenvalue weighted by molar-refractivity contribution is 5.32. The molecule has 0 aromatic heterocycles. The first-order chi connectivity index (χ1) is 7.45. The van der Waals surface area contributed by atoms with E-state index in [9.17, 15) is 0 Å². The molecular formula is C14H19N. The van der Waals surface area contributed by atoms with Crippen molar-refractivity contribution >= 4 is 0 Å². The average Bonchev–Trinajstić information content (AvgIpc) is 2.82. The van der Waals surface area contributed by atoms with Crippen LogP contribution in [0.2, 0.25) is 0 Å². The van der Waals surface area contributed by atoms with E-state index < -0.39 is 0 Å². The van der Waals surface area contributed by atoms with Crippen molar-refractivity contribution in [2.75, 3.05) is 13.1 Å². The van der Waals surface area contributed by atoms with Gasteiger partial charge in [0.2, 0.25) is 0 Å². The fraction of sp³-hybridized carbons (Fsp3) is 0.571. The molecule has 0 N–H and O–H groups in total. The summed E-state index contributed by atoms with van der Waals surface area (Å²) in [4.78, 5) is 2.69. The van der Waals surface area contributed by atoms with Crippen molar-refractivity contribution in [1.29, 1.82) is 0 Å². The van der Waals surface area contributed by atoms with Gasteiger partial charge < -0.3 is 0 Å². The Morgan fingerprint density at radius 1 is 1.00 bits per heavy atom. The number of likely N-dealkylation sites (tertiary alicyclic amines) is 1. The van der Waals surface area contributed by atoms with Crippen LogP contribution in [0.1, 0.15) is 42.9 Å². The Bertz CT molecular complexity index is 339. The summed E-state index contributed by atoms with van der Waals surface area (Å²) in [5.41, 5.74) is 3.21. The lowest BCUT2D eigenvalue weighted by molar-refractivity contribution is 0.221. The van der Waals surface area contributed by atoms with Crippen molar-refractivity contribution in [3.8, 4) is 0 Å². The molecule has 80 valence electrons. The van der Waals surface area contributed by atoms with Crippen molar-refractivity contribution in [2.45, 2.75) is 38.1 Å². The summed E-state index contributed by atoms with van der Waals surface area (Å²) in [5, 5.41) is 0. The minimum absolute atomic E-state index is 0.734. The lowest BCUT2D eigenvalue weighted by Crippen LogP contribution is -2.28. The molecule has 15 heavy (non-hydrogen) atoms. The molecule has 0 spiro atoms. The topological polar surface area (TPSA) is 3.24 Å². The first-order valence-electron chi connectivity index (χ1n) is 6.27. The molecule has 0 saturated carbocycles. The third-order valence-corrected chi connectivity index (χ3v) is 3.92. The molecule has 1 aliphatic heterocycles. The van der Waals surface area contributed by atoms with Crippen molar-refractivity contribution < 1.29 is 0 Å². The number of fused-ring (bicyclic) bond motifs is 1. The third-order valence-electron chi connectivity index (χ3n) is 3.92. The van der Waals surface area contributed by atoms with Gasteiger partial charge in [0.1, 0.15) is 0 Å². The van der Waals surface area contributed by atoms with Crippen LogP contribution in [0.4, 0.5) is 0 Å². The summed E-state index contributed by atoms with van der Waals surface area (Å²) in [7, 11) is 0. The van der Waals surface area contributed by atoms with E-state index in [-0.39, 0.29) is 0 Å². The highest BCUT2D eigenvalue weighted by Crippen LogP contribution is 2.35. The molecule has 3 rings (SSSR count). The summed E-state index contributed by atoms with van der Waals surface area (Å²) in [5.74, 6) is 0. The van der Waals surface area contributed by atoms with Crippen molar-refractivity contribution in [3.63, 3.8) is 0 Å². The molecule has 1 heterocycles. The third kappa shape index (κ3) is 1.69. The van der Waals surface area contributed by atoms with Crippen molar-refractivity contribution in [1.82, 2.24) is 4.90 Å². The maximum atomic E-state index is 2.69. The molecule has 0 radical (unpaired) electrons. The van der Waals surface area contributed by atoms with Crippen molar-refractivity contribution in [2.24, 2.45) is 0 Å². The Labute approximate surface area is 92.1 Å². The van der Waals surface area contributed by atoms with Gasteiger partial charge in [-0.05, 0) is 56.3 Å². The Balaban J connectivity index is 1.91. The van der Waals surface area contributed by atoms with Crippen LogP contribution < -0.4 is 0 Å². The van der Waals surface area contributed by atoms with Crippen LogP contribution in [0.3, 0.4) is 0 Å². The second kappa shape index (κ2) is 3.97. The van der Waals surface area contributed by atoms with Crippen molar-refractivity contribution in [3.05, 3.63) is 35.4 Å². The molecule has 1 saturated heterocycles. The van der Waals surface area contributed by atoms with Crippen LogP contribution in [-0.4, -0.2) is 18.0 Å². The highest BCUT2D eigenvalue weighted by atomic mass is 15.2. The molecule has 2 aliphatic rings. The predicted octanol–water partition coefficient (Wildman–Crippen LogP) is 3.16. The smallest absolute Gasteiger partial charge is 0.0350 e. The van der Waals surface area contributed by atoms with Crippen LogP contribution >= 0.6 is 0 Å². The maximum Gasteiger partial charge on any atom is 0.0350 e. The zero-order valence-corrected chi connectivity index (χ0v) is 9.28. The zero-order chi connectivity index (χ0) is 10.1. The number of hydrogen-bond acceptors (Lipinski definition) is 1. The van der Waals surface area contributed by atoms with E-state index >= 15 is 0 Å². The minimum atomic E-state index is 0.734. The second-order valence-electron chi connectivity index (χ2n) is 4.85. The van der Waals surface area contributed by atoms with Gasteiger partial charge in [0.05, 0.1) is 0 Å². The van der Waals surface area contributed by atoms with Gasteiger partial charge in [-0.15, -0.1) is 0 Å². The van der Waals surface area contributed by atoms with Gasteiger partial charge in [0, 0.05) is 6.04 Å². The zero-order valence-electron chi connectivity index (χ0n) is 9.28. The lowest BCUT2D eigenvalue weighted by atomic mass is 9.87. The molecule has 0 bridgehead atoms. The normalized spacial score (nSPS) is 26.5. The van der Waals surface area contributed by atoms with Crippen LogP contribution in [0, 0.1) is 0 Å². The fourth-order valence-electron chi connectivity index (χ4n) is 3.16. The number of aryl methyl sites for hydroxylation is 1. The molecule has 1 aromatic rings. The van der Waals surface area contributed by atoms with E-state index in [1.54, 1.807) is 11.1 Å². The Morgan fingerprint density at radius 3 is 2.67 bits per heavy atom. The second-order valence-corrected chi connectivity index (χ2v) is 4.85. The largest absolute Gasteiger partial charge is 0.296 e. The van der Waals surface area contributed by atoms with E-state index in [2.05, 4.69) is 29.2 Å². The number of nitrogens with zero attached hydrogens (tertiary/aromatic N) is 1. The molecule has 1 aromatic carbocycles. The Kier molecular flexibility index (Phi) is 2.49. The minimum Gasteiger partial charge on any atom is -0.296 e. The Morgan fingerprint density at radius 2 is 1.80 bits per heavy atom. The van der Waals surface area contributed by atoms with Gasteiger partial charge in [-0.1, -0.05) is 24.3 Å². The lowest BCUT2D eigenvalue weighted by Gasteiger charge is -2.32. The molecule has 0 amide bonds. The van der Waals surface area contributed by atoms with Gasteiger partial charge >= 0.3 is 0 Å². The van der Waals surface area contributed by atoms with Gasteiger partial charge in [-0.3, -0.25) is 4.90 Å². The van der Waals surface area contributed by atoms with Gasteiger partial charge in [-0.2, -0.15) is 0 Å². The molecular weight excluding hydrogens is 182 g/mol.